The molecule has 0 N–H and O–H groups in total. The van der Waals surface area contributed by atoms with Crippen molar-refractivity contribution in [2.45, 2.75) is 20.8 Å². The normalized spacial score (nSPS) is 10.9. The van der Waals surface area contributed by atoms with E-state index in [0.29, 0.717) is 0 Å². The van der Waals surface area contributed by atoms with Crippen molar-refractivity contribution in [1.82, 2.24) is 0 Å². The third kappa shape index (κ3) is 5.62. The molecular formula is C20H20ClNO4. The summed E-state index contributed by atoms with van der Waals surface area (Å²) in [7, 11) is -4.94. The predicted molar refractivity (Wildman–Crippen MR) is 87.6 cm³/mol. The average Bonchev–Trinajstić information content (AvgIpc) is 2.54. The standard InChI is InChI=1S/C20H20N.ClHO4/c1-15-13-16(2)21(17(3)14-15)20-12-8-7-11-19(20)18-9-5-4-6-10-18;2-1(3,4)5/h4-14H,1-3H3;(H,2,3,4,5)/q+1;/p-1. The molecule has 1 heterocycles. The summed E-state index contributed by atoms with van der Waals surface area (Å²) in [6, 6.07) is 23.6. The first-order valence-corrected chi connectivity index (χ1v) is 9.17. The van der Waals surface area contributed by atoms with Crippen LogP contribution in [0.1, 0.15) is 17.0 Å². The highest BCUT2D eigenvalue weighted by atomic mass is 35.7. The second-order valence-corrected chi connectivity index (χ2v) is 6.67. The molecule has 0 atom stereocenters. The molecule has 0 unspecified atom stereocenters. The van der Waals surface area contributed by atoms with Crippen LogP contribution in [0.15, 0.2) is 66.7 Å². The van der Waals surface area contributed by atoms with Gasteiger partial charge in [0.05, 0.1) is 5.56 Å². The van der Waals surface area contributed by atoms with Gasteiger partial charge in [-0.3, -0.25) is 0 Å². The second-order valence-electron chi connectivity index (χ2n) is 5.91. The van der Waals surface area contributed by atoms with E-state index in [1.165, 1.54) is 33.8 Å². The highest BCUT2D eigenvalue weighted by molar-refractivity contribution is 5.70. The Hall–Kier alpha value is -2.28. The van der Waals surface area contributed by atoms with Crippen molar-refractivity contribution in [2.75, 3.05) is 0 Å². The van der Waals surface area contributed by atoms with Crippen LogP contribution in [0.3, 0.4) is 0 Å². The molecule has 0 fully saturated rings. The summed E-state index contributed by atoms with van der Waals surface area (Å²) in [6.07, 6.45) is 0. The first-order valence-electron chi connectivity index (χ1n) is 7.93. The summed E-state index contributed by atoms with van der Waals surface area (Å²) in [4.78, 5) is 0. The lowest BCUT2D eigenvalue weighted by Crippen LogP contribution is -2.68. The van der Waals surface area contributed by atoms with Gasteiger partial charge >= 0.3 is 0 Å². The maximum Gasteiger partial charge on any atom is 0.218 e. The Balaban J connectivity index is 0.000000431. The average molecular weight is 374 g/mol. The molecule has 0 bridgehead atoms. The molecule has 0 saturated carbocycles. The summed E-state index contributed by atoms with van der Waals surface area (Å²) < 4.78 is 36.3. The van der Waals surface area contributed by atoms with Gasteiger partial charge in [0.25, 0.3) is 0 Å². The van der Waals surface area contributed by atoms with Crippen LogP contribution in [-0.2, 0) is 0 Å². The molecule has 26 heavy (non-hydrogen) atoms. The molecule has 5 nitrogen and oxygen atoms in total. The van der Waals surface area contributed by atoms with Crippen molar-refractivity contribution in [3.05, 3.63) is 83.7 Å². The third-order valence-corrected chi connectivity index (χ3v) is 3.81. The van der Waals surface area contributed by atoms with Crippen LogP contribution in [-0.4, -0.2) is 0 Å². The highest BCUT2D eigenvalue weighted by Gasteiger charge is 2.19. The molecule has 0 amide bonds. The van der Waals surface area contributed by atoms with Gasteiger partial charge in [-0.2, -0.15) is 4.57 Å². The fourth-order valence-electron chi connectivity index (χ4n) is 3.02. The van der Waals surface area contributed by atoms with E-state index in [1.807, 2.05) is 0 Å². The first kappa shape index (κ1) is 20.0. The van der Waals surface area contributed by atoms with Gasteiger partial charge in [0.1, 0.15) is 0 Å². The van der Waals surface area contributed by atoms with Crippen LogP contribution >= 0.6 is 0 Å². The zero-order valence-corrected chi connectivity index (χ0v) is 15.6. The molecule has 3 aromatic rings. The topological polar surface area (TPSA) is 96.1 Å². The van der Waals surface area contributed by atoms with Crippen LogP contribution in [0.5, 0.6) is 0 Å². The monoisotopic (exact) mass is 373 g/mol. The number of benzene rings is 2. The van der Waals surface area contributed by atoms with Crippen LogP contribution in [0.4, 0.5) is 0 Å². The molecule has 0 spiro atoms. The number of pyridine rings is 1. The predicted octanol–water partition coefficient (Wildman–Crippen LogP) is -0.200. The Kier molecular flexibility index (Phi) is 6.47. The Morgan fingerprint density at radius 2 is 1.15 bits per heavy atom. The van der Waals surface area contributed by atoms with E-state index in [0.717, 1.165) is 0 Å². The quantitative estimate of drug-likeness (QED) is 0.581. The smallest absolute Gasteiger partial charge is 0.218 e. The Bertz CT molecular complexity index is 847. The number of halogens is 1. The number of hydrogen-bond acceptors (Lipinski definition) is 4. The van der Waals surface area contributed by atoms with Crippen molar-refractivity contribution in [3.63, 3.8) is 0 Å². The summed E-state index contributed by atoms with van der Waals surface area (Å²) in [5, 5.41) is 0. The Labute approximate surface area is 155 Å². The second kappa shape index (κ2) is 8.40. The number of hydrogen-bond donors (Lipinski definition) is 0. The molecule has 0 aliphatic heterocycles. The third-order valence-electron chi connectivity index (χ3n) is 3.81. The molecule has 1 aromatic heterocycles. The molecule has 0 radical (unpaired) electrons. The number of aryl methyl sites for hydroxylation is 3. The highest BCUT2D eigenvalue weighted by Crippen LogP contribution is 2.24. The van der Waals surface area contributed by atoms with E-state index < -0.39 is 10.2 Å². The molecular weight excluding hydrogens is 354 g/mol. The van der Waals surface area contributed by atoms with Gasteiger partial charge in [-0.1, -0.05) is 42.5 Å². The van der Waals surface area contributed by atoms with Crippen molar-refractivity contribution in [2.24, 2.45) is 0 Å². The summed E-state index contributed by atoms with van der Waals surface area (Å²) in [5.41, 5.74) is 7.57. The van der Waals surface area contributed by atoms with E-state index in [9.17, 15) is 0 Å². The van der Waals surface area contributed by atoms with Crippen molar-refractivity contribution >= 4 is 0 Å². The van der Waals surface area contributed by atoms with Gasteiger partial charge in [-0.05, 0) is 24.1 Å². The van der Waals surface area contributed by atoms with Crippen LogP contribution in [0.2, 0.25) is 0 Å². The number of rotatable bonds is 2. The summed E-state index contributed by atoms with van der Waals surface area (Å²) in [5.74, 6) is 0. The molecule has 2 aromatic carbocycles. The fraction of sp³-hybridized carbons (Fsp3) is 0.150. The molecule has 6 heteroatoms. The minimum atomic E-state index is -4.94. The zero-order valence-electron chi connectivity index (χ0n) is 14.8. The van der Waals surface area contributed by atoms with Crippen molar-refractivity contribution < 1.29 is 33.4 Å². The van der Waals surface area contributed by atoms with Gasteiger partial charge in [-0.25, -0.2) is 18.6 Å². The van der Waals surface area contributed by atoms with Crippen molar-refractivity contribution in [3.8, 4) is 16.8 Å². The van der Waals surface area contributed by atoms with Gasteiger partial charge in [0.15, 0.2) is 11.4 Å². The van der Waals surface area contributed by atoms with Gasteiger partial charge in [0, 0.05) is 32.0 Å². The molecule has 0 aliphatic rings. The van der Waals surface area contributed by atoms with Crippen LogP contribution in [0.25, 0.3) is 16.8 Å². The Morgan fingerprint density at radius 1 is 0.692 bits per heavy atom. The van der Waals surface area contributed by atoms with E-state index >= 15 is 0 Å². The number of aromatic nitrogens is 1. The number of para-hydroxylation sites is 1. The van der Waals surface area contributed by atoms with Gasteiger partial charge in [0.2, 0.25) is 5.69 Å². The van der Waals surface area contributed by atoms with E-state index in [-0.39, 0.29) is 0 Å². The minimum absolute atomic E-state index is 1.23. The van der Waals surface area contributed by atoms with Crippen LogP contribution in [0, 0.1) is 31.0 Å². The van der Waals surface area contributed by atoms with E-state index in [2.05, 4.69) is 92.1 Å². The minimum Gasteiger partial charge on any atom is -0.222 e. The van der Waals surface area contributed by atoms with Gasteiger partial charge in [-0.15, -0.1) is 10.2 Å². The van der Waals surface area contributed by atoms with Crippen molar-refractivity contribution in [1.29, 1.82) is 0 Å². The van der Waals surface area contributed by atoms with E-state index in [4.69, 9.17) is 18.6 Å². The van der Waals surface area contributed by atoms with E-state index in [1.54, 1.807) is 0 Å². The summed E-state index contributed by atoms with van der Waals surface area (Å²) in [6.45, 7) is 6.48. The molecule has 0 saturated heterocycles. The number of nitrogens with zero attached hydrogens (tertiary/aromatic N) is 1. The molecule has 3 rings (SSSR count). The zero-order chi connectivity index (χ0) is 19.3. The lowest BCUT2D eigenvalue weighted by Gasteiger charge is -2.17. The lowest BCUT2D eigenvalue weighted by atomic mass is 10.0. The molecule has 136 valence electrons. The van der Waals surface area contributed by atoms with Crippen LogP contribution < -0.4 is 23.2 Å². The molecule has 0 aliphatic carbocycles. The maximum atomic E-state index is 8.49. The van der Waals surface area contributed by atoms with Gasteiger partial charge < -0.3 is 0 Å². The lowest BCUT2D eigenvalue weighted by molar-refractivity contribution is -2.00. The summed E-state index contributed by atoms with van der Waals surface area (Å²) >= 11 is 0. The Morgan fingerprint density at radius 3 is 1.69 bits per heavy atom. The SMILES string of the molecule is Cc1cc(C)[n+](-c2ccccc2-c2ccccc2)c(C)c1.[O-][Cl+3]([O-])([O-])[O-]. The maximum absolute atomic E-state index is 8.49. The largest absolute Gasteiger partial charge is 0.222 e. The first-order chi connectivity index (χ1) is 12.2. The fourth-order valence-corrected chi connectivity index (χ4v) is 3.02.